The highest BCUT2D eigenvalue weighted by atomic mass is 79.9. The predicted octanol–water partition coefficient (Wildman–Crippen LogP) is 4.26. The lowest BCUT2D eigenvalue weighted by Crippen LogP contribution is -2.11. The lowest BCUT2D eigenvalue weighted by molar-refractivity contribution is 0.0697. The summed E-state index contributed by atoms with van der Waals surface area (Å²) in [5, 5.41) is 12.6. The number of aromatic carboxylic acids is 1. The number of benzene rings is 2. The Balaban J connectivity index is 1.83. The molecule has 0 aliphatic rings. The number of carboxylic acid groups (broad SMARTS) is 1. The van der Waals surface area contributed by atoms with Gasteiger partial charge in [0.2, 0.25) is 5.95 Å². The highest BCUT2D eigenvalue weighted by Gasteiger charge is 2.17. The van der Waals surface area contributed by atoms with Crippen molar-refractivity contribution in [3.8, 4) is 11.3 Å². The lowest BCUT2D eigenvalue weighted by atomic mass is 10.1. The molecule has 6 heteroatoms. The quantitative estimate of drug-likeness (QED) is 0.649. The maximum absolute atomic E-state index is 11.5. The second-order valence-corrected chi connectivity index (χ2v) is 6.26. The largest absolute Gasteiger partial charge is 0.478 e. The van der Waals surface area contributed by atoms with Gasteiger partial charge in [-0.05, 0) is 18.1 Å². The fraction of sp³-hybridized carbons (Fsp3) is 0.105. The van der Waals surface area contributed by atoms with E-state index < -0.39 is 5.97 Å². The Morgan fingerprint density at radius 2 is 1.80 bits per heavy atom. The summed E-state index contributed by atoms with van der Waals surface area (Å²) >= 11 is 3.45. The van der Waals surface area contributed by atoms with Gasteiger partial charge in [0, 0.05) is 22.8 Å². The summed E-state index contributed by atoms with van der Waals surface area (Å²) in [5.74, 6) is -0.645. The van der Waals surface area contributed by atoms with Crippen LogP contribution in [0.3, 0.4) is 0 Å². The summed E-state index contributed by atoms with van der Waals surface area (Å²) in [6, 6.07) is 17.5. The number of hydrogen-bond acceptors (Lipinski definition) is 4. The molecule has 1 heterocycles. The molecule has 3 rings (SSSR count). The molecule has 0 saturated carbocycles. The number of rotatable bonds is 6. The minimum atomic E-state index is -1.05. The van der Waals surface area contributed by atoms with Gasteiger partial charge >= 0.3 is 5.97 Å². The normalized spacial score (nSPS) is 10.4. The summed E-state index contributed by atoms with van der Waals surface area (Å²) in [5.41, 5.74) is 2.38. The van der Waals surface area contributed by atoms with Crippen LogP contribution in [0.25, 0.3) is 11.3 Å². The summed E-state index contributed by atoms with van der Waals surface area (Å²) < 4.78 is 0.784. The van der Waals surface area contributed by atoms with Gasteiger partial charge in [0.25, 0.3) is 0 Å². The Hall–Kier alpha value is -2.73. The average Bonchev–Trinajstić information content (AvgIpc) is 2.63. The zero-order chi connectivity index (χ0) is 17.6. The fourth-order valence-electron chi connectivity index (χ4n) is 2.45. The first-order valence-electron chi connectivity index (χ1n) is 7.78. The molecule has 0 amide bonds. The zero-order valence-electron chi connectivity index (χ0n) is 13.3. The van der Waals surface area contributed by atoms with E-state index in [9.17, 15) is 9.90 Å². The molecule has 0 fully saturated rings. The van der Waals surface area contributed by atoms with Crippen molar-refractivity contribution in [1.82, 2.24) is 9.97 Å². The Bertz CT molecular complexity index is 885. The van der Waals surface area contributed by atoms with Crippen molar-refractivity contribution in [1.29, 1.82) is 0 Å². The van der Waals surface area contributed by atoms with E-state index in [1.807, 2.05) is 42.5 Å². The monoisotopic (exact) mass is 397 g/mol. The Labute approximate surface area is 153 Å². The molecule has 0 radical (unpaired) electrons. The molecule has 0 bridgehead atoms. The lowest BCUT2D eigenvalue weighted by Gasteiger charge is -2.10. The van der Waals surface area contributed by atoms with Crippen molar-refractivity contribution < 1.29 is 9.90 Å². The molecule has 2 N–H and O–H groups in total. The third kappa shape index (κ3) is 4.22. The van der Waals surface area contributed by atoms with Crippen molar-refractivity contribution in [2.45, 2.75) is 6.42 Å². The highest BCUT2D eigenvalue weighted by Crippen LogP contribution is 2.29. The van der Waals surface area contributed by atoms with Crippen LogP contribution in [0.1, 0.15) is 15.9 Å². The van der Waals surface area contributed by atoms with Gasteiger partial charge in [0.1, 0.15) is 5.56 Å². The Kier molecular flexibility index (Phi) is 5.40. The maximum Gasteiger partial charge on any atom is 0.339 e. The topological polar surface area (TPSA) is 75.1 Å². The molecule has 0 spiro atoms. The van der Waals surface area contributed by atoms with Crippen molar-refractivity contribution >= 4 is 27.8 Å². The smallest absolute Gasteiger partial charge is 0.339 e. The number of nitrogens with one attached hydrogen (secondary N) is 1. The van der Waals surface area contributed by atoms with Gasteiger partial charge < -0.3 is 10.4 Å². The van der Waals surface area contributed by atoms with Crippen LogP contribution in [0.15, 0.2) is 65.3 Å². The van der Waals surface area contributed by atoms with Gasteiger partial charge in [-0.3, -0.25) is 0 Å². The summed E-state index contributed by atoms with van der Waals surface area (Å²) in [4.78, 5) is 20.1. The summed E-state index contributed by atoms with van der Waals surface area (Å²) in [6.07, 6.45) is 2.17. The molecule has 0 saturated heterocycles. The number of carbonyl (C=O) groups is 1. The first kappa shape index (κ1) is 17.1. The molecule has 2 aromatic carbocycles. The average molecular weight is 398 g/mol. The first-order valence-corrected chi connectivity index (χ1v) is 8.57. The van der Waals surface area contributed by atoms with Crippen molar-refractivity contribution in [2.24, 2.45) is 0 Å². The van der Waals surface area contributed by atoms with Gasteiger partial charge in [-0.1, -0.05) is 64.5 Å². The number of carboxylic acids is 1. The molecule has 0 aliphatic carbocycles. The Morgan fingerprint density at radius 1 is 1.08 bits per heavy atom. The molecule has 5 nitrogen and oxygen atoms in total. The van der Waals surface area contributed by atoms with Gasteiger partial charge in [-0.2, -0.15) is 0 Å². The number of hydrogen-bond donors (Lipinski definition) is 2. The molecule has 126 valence electrons. The molecule has 0 aliphatic heterocycles. The third-order valence-corrected chi connectivity index (χ3v) is 4.38. The number of halogens is 1. The molecule has 0 atom stereocenters. The molecule has 25 heavy (non-hydrogen) atoms. The van der Waals surface area contributed by atoms with Crippen LogP contribution in [0.5, 0.6) is 0 Å². The van der Waals surface area contributed by atoms with E-state index >= 15 is 0 Å². The van der Waals surface area contributed by atoms with Gasteiger partial charge in [-0.15, -0.1) is 0 Å². The van der Waals surface area contributed by atoms with E-state index in [2.05, 4.69) is 43.3 Å². The minimum absolute atomic E-state index is 0.0699. The van der Waals surface area contributed by atoms with E-state index in [4.69, 9.17) is 0 Å². The van der Waals surface area contributed by atoms with Crippen LogP contribution in [-0.2, 0) is 6.42 Å². The predicted molar refractivity (Wildman–Crippen MR) is 101 cm³/mol. The zero-order valence-corrected chi connectivity index (χ0v) is 14.9. The summed E-state index contributed by atoms with van der Waals surface area (Å²) in [7, 11) is 0. The van der Waals surface area contributed by atoms with E-state index in [1.165, 1.54) is 11.8 Å². The standard InChI is InChI=1S/C19H16BrN3O2/c20-16-9-5-4-8-14(16)17-15(18(24)25)12-22-19(23-17)21-11-10-13-6-2-1-3-7-13/h1-9,12H,10-11H2,(H,24,25)(H,21,22,23). The van der Waals surface area contributed by atoms with Crippen molar-refractivity contribution in [3.63, 3.8) is 0 Å². The molecule has 1 aromatic heterocycles. The van der Waals surface area contributed by atoms with E-state index in [0.29, 0.717) is 23.8 Å². The van der Waals surface area contributed by atoms with Crippen LogP contribution in [0.4, 0.5) is 5.95 Å². The fourth-order valence-corrected chi connectivity index (χ4v) is 2.92. The number of nitrogens with zero attached hydrogens (tertiary/aromatic N) is 2. The van der Waals surface area contributed by atoms with Gasteiger partial charge in [0.15, 0.2) is 0 Å². The van der Waals surface area contributed by atoms with Gasteiger partial charge in [0.05, 0.1) is 5.69 Å². The van der Waals surface area contributed by atoms with Crippen LogP contribution in [0, 0.1) is 0 Å². The highest BCUT2D eigenvalue weighted by molar-refractivity contribution is 9.10. The van der Waals surface area contributed by atoms with Crippen LogP contribution in [-0.4, -0.2) is 27.6 Å². The van der Waals surface area contributed by atoms with Crippen LogP contribution in [0.2, 0.25) is 0 Å². The molecular formula is C19H16BrN3O2. The second kappa shape index (κ2) is 7.90. The van der Waals surface area contributed by atoms with Crippen molar-refractivity contribution in [2.75, 3.05) is 11.9 Å². The molecular weight excluding hydrogens is 382 g/mol. The molecule has 3 aromatic rings. The minimum Gasteiger partial charge on any atom is -0.478 e. The number of anilines is 1. The van der Waals surface area contributed by atoms with E-state index in [-0.39, 0.29) is 5.56 Å². The summed E-state index contributed by atoms with van der Waals surface area (Å²) in [6.45, 7) is 0.659. The maximum atomic E-state index is 11.5. The van der Waals surface area contributed by atoms with E-state index in [0.717, 1.165) is 10.9 Å². The Morgan fingerprint density at radius 3 is 2.52 bits per heavy atom. The van der Waals surface area contributed by atoms with Gasteiger partial charge in [-0.25, -0.2) is 14.8 Å². The van der Waals surface area contributed by atoms with E-state index in [1.54, 1.807) is 0 Å². The van der Waals surface area contributed by atoms with Crippen molar-refractivity contribution in [3.05, 3.63) is 76.4 Å². The van der Waals surface area contributed by atoms with Crippen LogP contribution >= 0.6 is 15.9 Å². The molecule has 0 unspecified atom stereocenters. The first-order chi connectivity index (χ1) is 12.1. The SMILES string of the molecule is O=C(O)c1cnc(NCCc2ccccc2)nc1-c1ccccc1Br. The van der Waals surface area contributed by atoms with Crippen LogP contribution < -0.4 is 5.32 Å². The third-order valence-electron chi connectivity index (χ3n) is 3.69. The number of aromatic nitrogens is 2. The second-order valence-electron chi connectivity index (χ2n) is 5.40.